The fraction of sp³-hybridized carbons (Fsp3) is 0.500. The molecule has 2 heterocycles. The third kappa shape index (κ3) is 2.32. The molecule has 4 heteroatoms. The molecule has 4 nitrogen and oxygen atoms in total. The van der Waals surface area contributed by atoms with Gasteiger partial charge in [0, 0.05) is 7.05 Å². The van der Waals surface area contributed by atoms with Gasteiger partial charge in [0.15, 0.2) is 18.8 Å². The second kappa shape index (κ2) is 5.49. The lowest BCUT2D eigenvalue weighted by Crippen LogP contribution is -2.42. The molecule has 1 amide bonds. The zero-order valence-corrected chi connectivity index (χ0v) is 10.4. The summed E-state index contributed by atoms with van der Waals surface area (Å²) in [6.45, 7) is 4.94. The number of ether oxygens (including phenoxy) is 1. The summed E-state index contributed by atoms with van der Waals surface area (Å²) >= 11 is 0. The van der Waals surface area contributed by atoms with E-state index in [2.05, 4.69) is 0 Å². The number of amides is 1. The van der Waals surface area contributed by atoms with E-state index in [1.54, 1.807) is 11.9 Å². The molecule has 2 aliphatic rings. The van der Waals surface area contributed by atoms with E-state index in [1.807, 2.05) is 43.7 Å². The van der Waals surface area contributed by atoms with E-state index >= 15 is 0 Å². The van der Waals surface area contributed by atoms with Crippen molar-refractivity contribution in [1.29, 1.82) is 0 Å². The molecule has 2 rings (SSSR count). The van der Waals surface area contributed by atoms with Crippen LogP contribution in [0.4, 0.5) is 0 Å². The predicted molar refractivity (Wildman–Crippen MR) is 63.4 cm³/mol. The van der Waals surface area contributed by atoms with Crippen LogP contribution in [-0.2, 0) is 9.53 Å². The Hall–Kier alpha value is -1.58. The highest BCUT2D eigenvalue weighted by Crippen LogP contribution is 2.13. The predicted octanol–water partition coefficient (Wildman–Crippen LogP) is 0.996. The number of allylic oxidation sites excluding steroid dienone is 2. The lowest BCUT2D eigenvalue weighted by atomic mass is 10.3. The molecule has 0 spiro atoms. The summed E-state index contributed by atoms with van der Waals surface area (Å²) in [5, 5.41) is 0. The number of carbonyl (C=O) groups excluding carboxylic acids is 1. The van der Waals surface area contributed by atoms with Crippen LogP contribution in [0.3, 0.4) is 0 Å². The van der Waals surface area contributed by atoms with Gasteiger partial charge in [-0.15, -0.1) is 0 Å². The number of fused-ring (bicyclic) bond motifs is 1. The monoisotopic (exact) mass is 223 g/mol. The van der Waals surface area contributed by atoms with Crippen LogP contribution in [-0.4, -0.2) is 48.5 Å². The first-order valence-corrected chi connectivity index (χ1v) is 5.55. The van der Waals surface area contributed by atoms with Gasteiger partial charge in [-0.3, -0.25) is 4.79 Å². The van der Waals surface area contributed by atoms with E-state index in [9.17, 15) is 4.79 Å². The van der Waals surface area contributed by atoms with Crippen molar-refractivity contribution in [3.8, 4) is 0 Å². The van der Waals surface area contributed by atoms with Gasteiger partial charge in [-0.05, 0) is 12.2 Å². The Balaban J connectivity index is 0.000000606. The maximum atomic E-state index is 11.4. The molecule has 88 valence electrons. The van der Waals surface area contributed by atoms with Crippen LogP contribution in [0.2, 0.25) is 0 Å². The summed E-state index contributed by atoms with van der Waals surface area (Å²) in [5.74, 6) is 0.765. The zero-order valence-electron chi connectivity index (χ0n) is 10.4. The molecule has 0 aromatic carbocycles. The van der Waals surface area contributed by atoms with Gasteiger partial charge in [-0.25, -0.2) is 0 Å². The van der Waals surface area contributed by atoms with Gasteiger partial charge in [0.2, 0.25) is 0 Å². The molecule has 0 saturated carbocycles. The highest BCUT2D eigenvalue weighted by atomic mass is 16.5. The average molecular weight is 223 g/mol. The van der Waals surface area contributed by atoms with Crippen molar-refractivity contribution in [2.24, 2.45) is 0 Å². The molecule has 0 unspecified atom stereocenters. The van der Waals surface area contributed by atoms with Gasteiger partial charge >= 0.3 is 5.90 Å². The van der Waals surface area contributed by atoms with E-state index in [0.29, 0.717) is 0 Å². The van der Waals surface area contributed by atoms with E-state index < -0.39 is 0 Å². The number of hydrogen-bond acceptors (Lipinski definition) is 2. The first-order chi connectivity index (χ1) is 7.70. The third-order valence-electron chi connectivity index (χ3n) is 2.40. The van der Waals surface area contributed by atoms with E-state index in [1.165, 1.54) is 0 Å². The summed E-state index contributed by atoms with van der Waals surface area (Å²) in [6.07, 6.45) is 5.87. The number of nitrogens with zero attached hydrogens (tertiary/aromatic N) is 2. The second-order valence-corrected chi connectivity index (χ2v) is 3.41. The smallest absolute Gasteiger partial charge is 0.387 e. The van der Waals surface area contributed by atoms with Gasteiger partial charge < -0.3 is 9.64 Å². The molecule has 0 N–H and O–H groups in total. The summed E-state index contributed by atoms with van der Waals surface area (Å²) in [4.78, 5) is 13.0. The van der Waals surface area contributed by atoms with Crippen LogP contribution >= 0.6 is 0 Å². The van der Waals surface area contributed by atoms with Crippen molar-refractivity contribution in [2.45, 2.75) is 13.8 Å². The summed E-state index contributed by atoms with van der Waals surface area (Å²) in [7, 11) is 3.71. The Morgan fingerprint density at radius 3 is 2.81 bits per heavy atom. The van der Waals surface area contributed by atoms with Crippen LogP contribution in [0, 0.1) is 0 Å². The minimum atomic E-state index is -0.0105. The van der Waals surface area contributed by atoms with Crippen LogP contribution in [0.25, 0.3) is 0 Å². The largest absolute Gasteiger partial charge is 0.433 e. The quantitative estimate of drug-likeness (QED) is 0.574. The van der Waals surface area contributed by atoms with Crippen LogP contribution in [0.1, 0.15) is 13.8 Å². The van der Waals surface area contributed by atoms with Gasteiger partial charge in [-0.1, -0.05) is 19.9 Å². The minimum Gasteiger partial charge on any atom is -0.433 e. The molecule has 1 fully saturated rings. The molecule has 16 heavy (non-hydrogen) atoms. The summed E-state index contributed by atoms with van der Waals surface area (Å²) in [6, 6.07) is 0. The van der Waals surface area contributed by atoms with E-state index in [-0.39, 0.29) is 12.5 Å². The Morgan fingerprint density at radius 1 is 1.44 bits per heavy atom. The highest BCUT2D eigenvalue weighted by Gasteiger charge is 2.32. The zero-order chi connectivity index (χ0) is 12.1. The molecule has 0 aromatic rings. The molecule has 1 saturated heterocycles. The fourth-order valence-corrected chi connectivity index (χ4v) is 1.53. The van der Waals surface area contributed by atoms with Gasteiger partial charge in [0.25, 0.3) is 5.91 Å². The van der Waals surface area contributed by atoms with Crippen molar-refractivity contribution >= 4 is 11.8 Å². The molecule has 2 aliphatic heterocycles. The number of rotatable bonds is 0. The SMILES string of the molecule is CC.CN1C(=O)COC2=[N+](C)CC=CC=C21. The highest BCUT2D eigenvalue weighted by molar-refractivity contribution is 5.99. The normalized spacial score (nSPS) is 19.1. The van der Waals surface area contributed by atoms with E-state index in [0.717, 1.165) is 18.1 Å². The molecule has 0 aromatic heterocycles. The van der Waals surface area contributed by atoms with Crippen LogP contribution in [0.15, 0.2) is 23.9 Å². The summed E-state index contributed by atoms with van der Waals surface area (Å²) < 4.78 is 7.38. The first kappa shape index (κ1) is 12.5. The van der Waals surface area contributed by atoms with Gasteiger partial charge in [-0.2, -0.15) is 4.58 Å². The molecule has 0 bridgehead atoms. The van der Waals surface area contributed by atoms with Crippen LogP contribution in [0.5, 0.6) is 0 Å². The Bertz CT molecular complexity index is 367. The molecular weight excluding hydrogens is 204 g/mol. The number of hydrogen-bond donors (Lipinski definition) is 0. The number of carbonyl (C=O) groups is 1. The van der Waals surface area contributed by atoms with E-state index in [4.69, 9.17) is 4.74 Å². The van der Waals surface area contributed by atoms with Crippen molar-refractivity contribution in [2.75, 3.05) is 27.2 Å². The Kier molecular flexibility index (Phi) is 4.28. The average Bonchev–Trinajstić information content (AvgIpc) is 2.49. The minimum absolute atomic E-state index is 0.0105. The van der Waals surface area contributed by atoms with Crippen molar-refractivity contribution in [3.05, 3.63) is 23.9 Å². The molecule has 0 aliphatic carbocycles. The maximum absolute atomic E-state index is 11.4. The molecule has 0 atom stereocenters. The standard InChI is InChI=1S/C10H13N2O2.C2H6/c1-11-6-4-3-5-8-10(11)14-7-9(13)12(8)2;1-2/h3-5H,6-7H2,1-2H3;1-2H3/q+1;. The number of likely N-dealkylation sites (N-methyl/N-ethyl adjacent to an activating group) is 2. The topological polar surface area (TPSA) is 32.6 Å². The maximum Gasteiger partial charge on any atom is 0.387 e. The second-order valence-electron chi connectivity index (χ2n) is 3.41. The third-order valence-corrected chi connectivity index (χ3v) is 2.40. The van der Waals surface area contributed by atoms with Crippen LogP contribution < -0.4 is 0 Å². The van der Waals surface area contributed by atoms with Crippen molar-refractivity contribution in [1.82, 2.24) is 4.90 Å². The van der Waals surface area contributed by atoms with Gasteiger partial charge in [0.1, 0.15) is 7.05 Å². The van der Waals surface area contributed by atoms with Crippen molar-refractivity contribution in [3.63, 3.8) is 0 Å². The molecule has 0 radical (unpaired) electrons. The van der Waals surface area contributed by atoms with Gasteiger partial charge in [0.05, 0.1) is 0 Å². The lowest BCUT2D eigenvalue weighted by Gasteiger charge is -2.24. The molecular formula is C12H19N2O2+. The number of morpholine rings is 1. The Labute approximate surface area is 96.5 Å². The van der Waals surface area contributed by atoms with Crippen molar-refractivity contribution < 1.29 is 14.1 Å². The summed E-state index contributed by atoms with van der Waals surface area (Å²) in [5.41, 5.74) is 0.831. The first-order valence-electron chi connectivity index (χ1n) is 5.55. The Morgan fingerprint density at radius 2 is 2.12 bits per heavy atom. The fourth-order valence-electron chi connectivity index (χ4n) is 1.53. The lowest BCUT2D eigenvalue weighted by molar-refractivity contribution is -0.495.